The molecule has 7 heteroatoms. The number of nitrogens with zero attached hydrogens (tertiary/aromatic N) is 3. The van der Waals surface area contributed by atoms with Crippen molar-refractivity contribution in [3.05, 3.63) is 77.6 Å². The van der Waals surface area contributed by atoms with E-state index in [0.29, 0.717) is 30.3 Å². The van der Waals surface area contributed by atoms with Gasteiger partial charge in [-0.3, -0.25) is 9.59 Å². The fourth-order valence-corrected chi connectivity index (χ4v) is 4.02. The highest BCUT2D eigenvalue weighted by molar-refractivity contribution is 5.95. The predicted molar refractivity (Wildman–Crippen MR) is 121 cm³/mol. The number of likely N-dealkylation sites (tertiary alicyclic amines) is 1. The summed E-state index contributed by atoms with van der Waals surface area (Å²) in [4.78, 5) is 35.9. The molecule has 3 aromatic rings. The summed E-state index contributed by atoms with van der Waals surface area (Å²) in [6, 6.07) is 15.4. The van der Waals surface area contributed by atoms with E-state index in [1.807, 2.05) is 25.1 Å². The van der Waals surface area contributed by atoms with E-state index in [0.717, 1.165) is 29.7 Å². The second-order valence-corrected chi connectivity index (χ2v) is 8.11. The van der Waals surface area contributed by atoms with Crippen molar-refractivity contribution in [2.24, 2.45) is 5.92 Å². The summed E-state index contributed by atoms with van der Waals surface area (Å²) in [5, 5.41) is 2.94. The first-order valence-electron chi connectivity index (χ1n) is 10.7. The normalized spacial score (nSPS) is 16.0. The van der Waals surface area contributed by atoms with E-state index in [9.17, 15) is 14.0 Å². The minimum Gasteiger partial charge on any atom is -0.337 e. The van der Waals surface area contributed by atoms with Crippen LogP contribution in [0.4, 0.5) is 10.1 Å². The van der Waals surface area contributed by atoms with E-state index < -0.39 is 0 Å². The Morgan fingerprint density at radius 1 is 1.03 bits per heavy atom. The van der Waals surface area contributed by atoms with Crippen molar-refractivity contribution in [1.82, 2.24) is 14.9 Å². The standard InChI is InChI=1S/C25H25FN4O2/c1-16-13-23(28-17(2)27-16)25(32)30-12-4-6-20(15-30)24(31)29-22-10-8-18(9-11-22)19-5-3-7-21(26)14-19/h3,5,7-11,13-14,20H,4,6,12,15H2,1-2H3,(H,29,31)/t20-/m0/s1. The van der Waals surface area contributed by atoms with Crippen molar-refractivity contribution in [3.63, 3.8) is 0 Å². The molecule has 0 bridgehead atoms. The molecule has 1 aromatic heterocycles. The van der Waals surface area contributed by atoms with Crippen LogP contribution in [-0.2, 0) is 4.79 Å². The van der Waals surface area contributed by atoms with Gasteiger partial charge < -0.3 is 10.2 Å². The van der Waals surface area contributed by atoms with Gasteiger partial charge in [0.05, 0.1) is 5.92 Å². The van der Waals surface area contributed by atoms with Crippen molar-refractivity contribution in [1.29, 1.82) is 0 Å². The van der Waals surface area contributed by atoms with Crippen LogP contribution in [0.15, 0.2) is 54.6 Å². The summed E-state index contributed by atoms with van der Waals surface area (Å²) >= 11 is 0. The number of carbonyl (C=O) groups is 2. The highest BCUT2D eigenvalue weighted by atomic mass is 19.1. The van der Waals surface area contributed by atoms with Gasteiger partial charge in [0, 0.05) is 24.5 Å². The molecule has 1 aliphatic heterocycles. The van der Waals surface area contributed by atoms with Crippen LogP contribution in [0.5, 0.6) is 0 Å². The molecule has 0 saturated carbocycles. The average molecular weight is 432 g/mol. The first-order chi connectivity index (χ1) is 15.4. The second kappa shape index (κ2) is 9.26. The minimum absolute atomic E-state index is 0.115. The number of aromatic nitrogens is 2. The topological polar surface area (TPSA) is 75.2 Å². The monoisotopic (exact) mass is 432 g/mol. The molecule has 1 atom stereocenters. The molecule has 1 N–H and O–H groups in total. The fraction of sp³-hybridized carbons (Fsp3) is 0.280. The fourth-order valence-electron chi connectivity index (χ4n) is 4.02. The number of rotatable bonds is 4. The molecule has 0 spiro atoms. The molecule has 0 radical (unpaired) electrons. The quantitative estimate of drug-likeness (QED) is 0.664. The van der Waals surface area contributed by atoms with Gasteiger partial charge in [0.25, 0.3) is 5.91 Å². The number of nitrogens with one attached hydrogen (secondary N) is 1. The molecule has 2 heterocycles. The van der Waals surface area contributed by atoms with Crippen LogP contribution < -0.4 is 5.32 Å². The first-order valence-corrected chi connectivity index (χ1v) is 10.7. The van der Waals surface area contributed by atoms with Gasteiger partial charge >= 0.3 is 0 Å². The van der Waals surface area contributed by atoms with E-state index in [-0.39, 0.29) is 23.5 Å². The zero-order valence-corrected chi connectivity index (χ0v) is 18.1. The Kier molecular flexibility index (Phi) is 6.25. The molecule has 164 valence electrons. The second-order valence-electron chi connectivity index (χ2n) is 8.11. The number of halogens is 1. The highest BCUT2D eigenvalue weighted by Gasteiger charge is 2.29. The Labute approximate surface area is 186 Å². The summed E-state index contributed by atoms with van der Waals surface area (Å²) in [6.45, 7) is 4.55. The lowest BCUT2D eigenvalue weighted by molar-refractivity contribution is -0.121. The molecule has 0 aliphatic carbocycles. The third-order valence-corrected chi connectivity index (χ3v) is 5.57. The van der Waals surface area contributed by atoms with E-state index in [1.54, 1.807) is 36.1 Å². The summed E-state index contributed by atoms with van der Waals surface area (Å²) in [6.07, 6.45) is 1.48. The van der Waals surface area contributed by atoms with E-state index in [1.165, 1.54) is 12.1 Å². The maximum atomic E-state index is 13.5. The highest BCUT2D eigenvalue weighted by Crippen LogP contribution is 2.24. The third kappa shape index (κ3) is 4.99. The Morgan fingerprint density at radius 2 is 1.81 bits per heavy atom. The van der Waals surface area contributed by atoms with Gasteiger partial charge in [-0.05, 0) is 68.1 Å². The predicted octanol–water partition coefficient (Wildman–Crippen LogP) is 4.39. The molecule has 6 nitrogen and oxygen atoms in total. The first kappa shape index (κ1) is 21.6. The molecular weight excluding hydrogens is 407 g/mol. The Bertz CT molecular complexity index is 1130. The SMILES string of the molecule is Cc1cc(C(=O)N2CCC[C@H](C(=O)Nc3ccc(-c4cccc(F)c4)cc3)C2)nc(C)n1. The van der Waals surface area contributed by atoms with Crippen LogP contribution in [0.2, 0.25) is 0 Å². The van der Waals surface area contributed by atoms with Crippen LogP contribution in [0.3, 0.4) is 0 Å². The van der Waals surface area contributed by atoms with Crippen LogP contribution in [0, 0.1) is 25.6 Å². The Balaban J connectivity index is 1.40. The average Bonchev–Trinajstić information content (AvgIpc) is 2.78. The number of piperidine rings is 1. The van der Waals surface area contributed by atoms with Crippen molar-refractivity contribution in [2.75, 3.05) is 18.4 Å². The number of anilines is 1. The summed E-state index contributed by atoms with van der Waals surface area (Å²) < 4.78 is 13.5. The largest absolute Gasteiger partial charge is 0.337 e. The maximum absolute atomic E-state index is 13.5. The van der Waals surface area contributed by atoms with Gasteiger partial charge in [0.2, 0.25) is 5.91 Å². The summed E-state index contributed by atoms with van der Waals surface area (Å²) in [5.41, 5.74) is 3.42. The Morgan fingerprint density at radius 3 is 2.53 bits per heavy atom. The van der Waals surface area contributed by atoms with Gasteiger partial charge in [0.15, 0.2) is 0 Å². The maximum Gasteiger partial charge on any atom is 0.272 e. The van der Waals surface area contributed by atoms with E-state index in [2.05, 4.69) is 15.3 Å². The van der Waals surface area contributed by atoms with E-state index in [4.69, 9.17) is 0 Å². The van der Waals surface area contributed by atoms with Gasteiger partial charge in [-0.15, -0.1) is 0 Å². The van der Waals surface area contributed by atoms with Gasteiger partial charge in [-0.1, -0.05) is 24.3 Å². The van der Waals surface area contributed by atoms with Crippen molar-refractivity contribution in [2.45, 2.75) is 26.7 Å². The smallest absolute Gasteiger partial charge is 0.272 e. The van der Waals surface area contributed by atoms with Crippen molar-refractivity contribution in [3.8, 4) is 11.1 Å². The zero-order chi connectivity index (χ0) is 22.7. The molecule has 2 aromatic carbocycles. The lowest BCUT2D eigenvalue weighted by atomic mass is 9.96. The Hall–Kier alpha value is -3.61. The number of carbonyl (C=O) groups excluding carboxylic acids is 2. The third-order valence-electron chi connectivity index (χ3n) is 5.57. The zero-order valence-electron chi connectivity index (χ0n) is 18.1. The number of hydrogen-bond donors (Lipinski definition) is 1. The van der Waals surface area contributed by atoms with Gasteiger partial charge in [-0.2, -0.15) is 0 Å². The lowest BCUT2D eigenvalue weighted by Crippen LogP contribution is -2.44. The van der Waals surface area contributed by atoms with Gasteiger partial charge in [0.1, 0.15) is 17.3 Å². The van der Waals surface area contributed by atoms with Crippen LogP contribution in [-0.4, -0.2) is 39.8 Å². The molecule has 1 fully saturated rings. The van der Waals surface area contributed by atoms with Crippen LogP contribution in [0.25, 0.3) is 11.1 Å². The van der Waals surface area contributed by atoms with E-state index >= 15 is 0 Å². The number of amides is 2. The molecule has 0 unspecified atom stereocenters. The van der Waals surface area contributed by atoms with Crippen LogP contribution in [0.1, 0.15) is 34.8 Å². The molecule has 32 heavy (non-hydrogen) atoms. The molecule has 1 aliphatic rings. The molecule has 1 saturated heterocycles. The summed E-state index contributed by atoms with van der Waals surface area (Å²) in [5.74, 6) is -0.309. The molecular formula is C25H25FN4O2. The minimum atomic E-state index is -0.292. The number of hydrogen-bond acceptors (Lipinski definition) is 4. The molecule has 2 amide bonds. The number of benzene rings is 2. The lowest BCUT2D eigenvalue weighted by Gasteiger charge is -2.32. The van der Waals surface area contributed by atoms with Gasteiger partial charge in [-0.25, -0.2) is 14.4 Å². The molecule has 4 rings (SSSR count). The van der Waals surface area contributed by atoms with Crippen LogP contribution >= 0.6 is 0 Å². The summed E-state index contributed by atoms with van der Waals surface area (Å²) in [7, 11) is 0. The van der Waals surface area contributed by atoms with Crippen molar-refractivity contribution >= 4 is 17.5 Å². The number of aryl methyl sites for hydroxylation is 2. The van der Waals surface area contributed by atoms with Crippen molar-refractivity contribution < 1.29 is 14.0 Å².